The maximum atomic E-state index is 12.4. The third-order valence-corrected chi connectivity index (χ3v) is 4.71. The van der Waals surface area contributed by atoms with Crippen molar-refractivity contribution in [2.24, 2.45) is 0 Å². The van der Waals surface area contributed by atoms with Gasteiger partial charge in [0.15, 0.2) is 11.5 Å². The minimum absolute atomic E-state index is 0.271. The summed E-state index contributed by atoms with van der Waals surface area (Å²) in [5.74, 6) is 0.663. The first-order chi connectivity index (χ1) is 15.1. The Hall–Kier alpha value is -3.80. The summed E-state index contributed by atoms with van der Waals surface area (Å²) in [5.41, 5.74) is 2.43. The molecule has 0 spiro atoms. The molecule has 0 saturated heterocycles. The van der Waals surface area contributed by atoms with Gasteiger partial charge in [0.1, 0.15) is 12.6 Å². The largest absolute Gasteiger partial charge is 0.493 e. The van der Waals surface area contributed by atoms with Crippen LogP contribution in [0.25, 0.3) is 0 Å². The van der Waals surface area contributed by atoms with Gasteiger partial charge in [-0.3, -0.25) is 9.59 Å². The maximum Gasteiger partial charge on any atom is 0.251 e. The van der Waals surface area contributed by atoms with Gasteiger partial charge in [0.2, 0.25) is 5.91 Å². The smallest absolute Gasteiger partial charge is 0.251 e. The van der Waals surface area contributed by atoms with E-state index >= 15 is 0 Å². The molecule has 0 aliphatic heterocycles. The third kappa shape index (κ3) is 6.34. The number of carbonyl (C=O) groups is 2. The number of amides is 2. The fraction of sp³-hybridized carbons (Fsp3) is 0.200. The number of hydrogen-bond acceptors (Lipinski definition) is 4. The van der Waals surface area contributed by atoms with E-state index in [9.17, 15) is 9.59 Å². The van der Waals surface area contributed by atoms with Crippen molar-refractivity contribution in [3.05, 3.63) is 95.6 Å². The monoisotopic (exact) mass is 418 g/mol. The summed E-state index contributed by atoms with van der Waals surface area (Å²) >= 11 is 0. The van der Waals surface area contributed by atoms with Crippen LogP contribution in [0.2, 0.25) is 0 Å². The highest BCUT2D eigenvalue weighted by Gasteiger charge is 2.16. The van der Waals surface area contributed by atoms with Crippen molar-refractivity contribution in [2.75, 3.05) is 7.11 Å². The molecule has 0 aliphatic rings. The van der Waals surface area contributed by atoms with Crippen LogP contribution in [0.1, 0.15) is 28.4 Å². The predicted molar refractivity (Wildman–Crippen MR) is 119 cm³/mol. The lowest BCUT2D eigenvalue weighted by Crippen LogP contribution is -2.44. The Labute approximate surface area is 182 Å². The van der Waals surface area contributed by atoms with Gasteiger partial charge in [0, 0.05) is 12.1 Å². The average Bonchev–Trinajstić information content (AvgIpc) is 2.82. The molecule has 3 rings (SSSR count). The highest BCUT2D eigenvalue weighted by molar-refractivity contribution is 5.97. The molecular weight excluding hydrogens is 392 g/mol. The quantitative estimate of drug-likeness (QED) is 0.555. The van der Waals surface area contributed by atoms with E-state index in [4.69, 9.17) is 9.47 Å². The van der Waals surface area contributed by atoms with Crippen LogP contribution >= 0.6 is 0 Å². The Morgan fingerprint density at radius 2 is 1.55 bits per heavy atom. The van der Waals surface area contributed by atoms with Crippen molar-refractivity contribution in [1.82, 2.24) is 10.6 Å². The van der Waals surface area contributed by atoms with Gasteiger partial charge in [-0.2, -0.15) is 0 Å². The first-order valence-electron chi connectivity index (χ1n) is 10.0. The van der Waals surface area contributed by atoms with Gasteiger partial charge in [-0.15, -0.1) is 0 Å². The second-order valence-corrected chi connectivity index (χ2v) is 7.04. The summed E-state index contributed by atoms with van der Waals surface area (Å²) in [7, 11) is 1.58. The molecule has 0 aliphatic carbocycles. The molecule has 0 radical (unpaired) electrons. The minimum Gasteiger partial charge on any atom is -0.493 e. The lowest BCUT2D eigenvalue weighted by Gasteiger charge is -2.15. The van der Waals surface area contributed by atoms with Gasteiger partial charge in [0.05, 0.1) is 7.11 Å². The molecule has 0 aromatic heterocycles. The SMILES string of the molecule is COc1cc(CNC(=O)C(C)NC(=O)c2ccccc2)ccc1OCc1ccccc1. The predicted octanol–water partition coefficient (Wildman–Crippen LogP) is 3.71. The zero-order valence-electron chi connectivity index (χ0n) is 17.6. The van der Waals surface area contributed by atoms with E-state index in [0.717, 1.165) is 11.1 Å². The van der Waals surface area contributed by atoms with Crippen molar-refractivity contribution >= 4 is 11.8 Å². The molecular formula is C25H26N2O4. The summed E-state index contributed by atoms with van der Waals surface area (Å²) in [6.45, 7) is 2.39. The third-order valence-electron chi connectivity index (χ3n) is 4.71. The Balaban J connectivity index is 1.53. The van der Waals surface area contributed by atoms with Crippen LogP contribution in [0.3, 0.4) is 0 Å². The number of methoxy groups -OCH3 is 1. The maximum absolute atomic E-state index is 12.4. The Bertz CT molecular complexity index is 1010. The number of rotatable bonds is 9. The van der Waals surface area contributed by atoms with E-state index in [1.54, 1.807) is 38.3 Å². The van der Waals surface area contributed by atoms with E-state index in [2.05, 4.69) is 10.6 Å². The van der Waals surface area contributed by atoms with E-state index < -0.39 is 6.04 Å². The number of nitrogens with one attached hydrogen (secondary N) is 2. The molecule has 6 nitrogen and oxygen atoms in total. The number of carbonyl (C=O) groups excluding carboxylic acids is 2. The molecule has 2 N–H and O–H groups in total. The van der Waals surface area contributed by atoms with Crippen LogP contribution in [0, 0.1) is 0 Å². The lowest BCUT2D eigenvalue weighted by atomic mass is 10.1. The molecule has 3 aromatic carbocycles. The van der Waals surface area contributed by atoms with Gasteiger partial charge < -0.3 is 20.1 Å². The van der Waals surface area contributed by atoms with Crippen LogP contribution in [0.15, 0.2) is 78.9 Å². The summed E-state index contributed by atoms with van der Waals surface area (Å²) in [6.07, 6.45) is 0. The van der Waals surface area contributed by atoms with Crippen LogP contribution in [0.4, 0.5) is 0 Å². The first kappa shape index (κ1) is 21.9. The van der Waals surface area contributed by atoms with Crippen molar-refractivity contribution < 1.29 is 19.1 Å². The van der Waals surface area contributed by atoms with Crippen LogP contribution < -0.4 is 20.1 Å². The molecule has 0 saturated carbocycles. The van der Waals surface area contributed by atoms with Crippen molar-refractivity contribution in [2.45, 2.75) is 26.1 Å². The summed E-state index contributed by atoms with van der Waals surface area (Å²) < 4.78 is 11.3. The molecule has 2 amide bonds. The second kappa shape index (κ2) is 10.8. The van der Waals surface area contributed by atoms with Crippen molar-refractivity contribution in [3.63, 3.8) is 0 Å². The molecule has 6 heteroatoms. The molecule has 3 aromatic rings. The Kier molecular flexibility index (Phi) is 7.65. The summed E-state index contributed by atoms with van der Waals surface area (Å²) in [5, 5.41) is 5.53. The van der Waals surface area contributed by atoms with Gasteiger partial charge in [-0.25, -0.2) is 0 Å². The lowest BCUT2D eigenvalue weighted by molar-refractivity contribution is -0.122. The number of hydrogen-bond donors (Lipinski definition) is 2. The van der Waals surface area contributed by atoms with Crippen LogP contribution in [-0.2, 0) is 17.9 Å². The van der Waals surface area contributed by atoms with E-state index in [0.29, 0.717) is 30.2 Å². The highest BCUT2D eigenvalue weighted by Crippen LogP contribution is 2.28. The summed E-state index contributed by atoms with van der Waals surface area (Å²) in [4.78, 5) is 24.6. The van der Waals surface area contributed by atoms with Gasteiger partial charge in [-0.1, -0.05) is 54.6 Å². The molecule has 160 valence electrons. The van der Waals surface area contributed by atoms with E-state index in [1.165, 1.54) is 0 Å². The molecule has 0 bridgehead atoms. The molecule has 0 fully saturated rings. The van der Waals surface area contributed by atoms with Gasteiger partial charge in [-0.05, 0) is 42.3 Å². The zero-order valence-corrected chi connectivity index (χ0v) is 17.6. The van der Waals surface area contributed by atoms with Gasteiger partial charge in [0.25, 0.3) is 5.91 Å². The molecule has 1 unspecified atom stereocenters. The Morgan fingerprint density at radius 1 is 0.871 bits per heavy atom. The Morgan fingerprint density at radius 3 is 2.23 bits per heavy atom. The fourth-order valence-electron chi connectivity index (χ4n) is 2.95. The summed E-state index contributed by atoms with van der Waals surface area (Å²) in [6, 6.07) is 23.5. The zero-order chi connectivity index (χ0) is 22.1. The molecule has 31 heavy (non-hydrogen) atoms. The fourth-order valence-corrected chi connectivity index (χ4v) is 2.95. The average molecular weight is 418 g/mol. The van der Waals surface area contributed by atoms with Crippen LogP contribution in [0.5, 0.6) is 11.5 Å². The standard InChI is InChI=1S/C25H26N2O4/c1-18(27-25(29)21-11-7-4-8-12-21)24(28)26-16-20-13-14-22(23(15-20)30-2)31-17-19-9-5-3-6-10-19/h3-15,18H,16-17H2,1-2H3,(H,26,28)(H,27,29). The van der Waals surface area contributed by atoms with E-state index in [-0.39, 0.29) is 11.8 Å². The van der Waals surface area contributed by atoms with Crippen molar-refractivity contribution in [3.8, 4) is 11.5 Å². The molecule has 0 heterocycles. The second-order valence-electron chi connectivity index (χ2n) is 7.04. The highest BCUT2D eigenvalue weighted by atomic mass is 16.5. The normalized spacial score (nSPS) is 11.3. The van der Waals surface area contributed by atoms with Crippen LogP contribution in [-0.4, -0.2) is 25.0 Å². The topological polar surface area (TPSA) is 76.7 Å². The van der Waals surface area contributed by atoms with Crippen molar-refractivity contribution in [1.29, 1.82) is 0 Å². The van der Waals surface area contributed by atoms with E-state index in [1.807, 2.05) is 54.6 Å². The minimum atomic E-state index is -0.664. The number of benzene rings is 3. The van der Waals surface area contributed by atoms with Gasteiger partial charge >= 0.3 is 0 Å². The first-order valence-corrected chi connectivity index (χ1v) is 10.0. The number of ether oxygens (including phenoxy) is 2. The molecule has 1 atom stereocenters.